The van der Waals surface area contributed by atoms with E-state index >= 15 is 0 Å². The molecular weight excluding hydrogens is 341 g/mol. The van der Waals surface area contributed by atoms with Crippen LogP contribution in [0.4, 0.5) is 0 Å². The second kappa shape index (κ2) is 1.33. The maximum absolute atomic E-state index is 6.49. The number of rotatable bonds is 0. The van der Waals surface area contributed by atoms with Gasteiger partial charge < -0.3 is 0 Å². The van der Waals surface area contributed by atoms with E-state index in [9.17, 15) is 0 Å². The molecule has 0 nitrogen and oxygen atoms in total. The topological polar surface area (TPSA) is 0 Å². The van der Waals surface area contributed by atoms with Crippen molar-refractivity contribution >= 4 is 64.3 Å². The Morgan fingerprint density at radius 1 is 0.500 bits per heavy atom. The summed E-state index contributed by atoms with van der Waals surface area (Å²) in [6.07, 6.45) is 0. The summed E-state index contributed by atoms with van der Waals surface area (Å²) < 4.78 is 0. The molecule has 0 aromatic carbocycles. The van der Waals surface area contributed by atoms with Gasteiger partial charge in [0.1, 0.15) is 0 Å². The fraction of sp³-hybridized carbons (Fsp3) is 0. The van der Waals surface area contributed by atoms with E-state index < -0.39 is 5.62 Å². The average Bonchev–Trinajstić information content (AvgIpc) is 0.544. The third kappa shape index (κ3) is 69.0. The summed E-state index contributed by atoms with van der Waals surface area (Å²) in [6.45, 7) is 0. The Balaban J connectivity index is 5.14. The fourth-order valence-electron chi connectivity index (χ4n) is 0. The van der Waals surface area contributed by atoms with Crippen molar-refractivity contribution in [1.82, 2.24) is 0 Å². The molecule has 0 bridgehead atoms. The van der Waals surface area contributed by atoms with Crippen LogP contribution in [0.2, 0.25) is 0 Å². The molecule has 0 heterocycles. The maximum atomic E-state index is 5.07. The van der Waals surface area contributed by atoms with Crippen LogP contribution in [0.3, 0.4) is 0 Å². The van der Waals surface area contributed by atoms with Crippen molar-refractivity contribution in [1.29, 1.82) is 0 Å². The van der Waals surface area contributed by atoms with Crippen LogP contribution in [-0.2, 0) is 5.62 Å². The SMILES string of the molecule is [Cl][Nb-2]([Cl])([Cl])([Cl])([Cl])([Cl])[Cl]. The second-order valence-corrected chi connectivity index (χ2v) is 71.4. The van der Waals surface area contributed by atoms with Crippen LogP contribution >= 0.6 is 64.3 Å². The van der Waals surface area contributed by atoms with Crippen LogP contribution in [0, 0.1) is 0 Å². The predicted molar refractivity (Wildman–Crippen MR) is 41.0 cm³/mol. The second-order valence-electron chi connectivity index (χ2n) is 1.34. The molecule has 0 aromatic heterocycles. The monoisotopic (exact) mass is 338 g/mol. The van der Waals surface area contributed by atoms with Crippen LogP contribution < -0.4 is 0 Å². The molecule has 0 aliphatic heterocycles. The van der Waals surface area contributed by atoms with Gasteiger partial charge in [-0.05, 0) is 0 Å². The Labute approximate surface area is 68.8 Å². The zero-order valence-electron chi connectivity index (χ0n) is 3.09. The Bertz CT molecular complexity index is 96.6. The molecule has 0 atom stereocenters. The quantitative estimate of drug-likeness (QED) is 0.554. The predicted octanol–water partition coefficient (Wildman–Crippen LogP) is 4.82. The first-order valence-corrected chi connectivity index (χ1v) is 21.0. The first-order chi connectivity index (χ1) is 2.65. The van der Waals surface area contributed by atoms with Crippen LogP contribution in [-0.4, -0.2) is 0 Å². The molecular formula is Cl7Nb-2. The molecule has 56 valence electrons. The van der Waals surface area contributed by atoms with Crippen molar-refractivity contribution in [2.45, 2.75) is 0 Å². The molecule has 0 amide bonds. The van der Waals surface area contributed by atoms with E-state index in [1.807, 2.05) is 0 Å². The van der Waals surface area contributed by atoms with Gasteiger partial charge in [0, 0.05) is 0 Å². The van der Waals surface area contributed by atoms with Crippen molar-refractivity contribution in [3.63, 3.8) is 0 Å². The van der Waals surface area contributed by atoms with Crippen molar-refractivity contribution in [3.05, 3.63) is 0 Å². The fourth-order valence-corrected chi connectivity index (χ4v) is 0. The molecule has 0 saturated heterocycles. The molecule has 0 spiro atoms. The van der Waals surface area contributed by atoms with Crippen LogP contribution in [0.5, 0.6) is 0 Å². The van der Waals surface area contributed by atoms with Crippen LogP contribution in [0.1, 0.15) is 0 Å². The molecule has 0 fully saturated rings. The third-order valence-corrected chi connectivity index (χ3v) is 0. The minimum atomic E-state index is -6.49. The van der Waals surface area contributed by atoms with E-state index in [2.05, 4.69) is 0 Å². The van der Waals surface area contributed by atoms with Crippen molar-refractivity contribution in [2.75, 3.05) is 0 Å². The molecule has 0 saturated carbocycles. The molecule has 0 N–H and O–H groups in total. The zero-order valence-corrected chi connectivity index (χ0v) is 10.6. The van der Waals surface area contributed by atoms with E-state index in [0.29, 0.717) is 0 Å². The van der Waals surface area contributed by atoms with E-state index in [1.54, 1.807) is 0 Å². The zero-order chi connectivity index (χ0) is 7.38. The van der Waals surface area contributed by atoms with Crippen LogP contribution in [0.15, 0.2) is 0 Å². The molecule has 8 heavy (non-hydrogen) atoms. The normalized spacial score (nSPS) is 27.1. The molecule has 8 heteroatoms. The Kier molecular flexibility index (Phi) is 1.79. The summed E-state index contributed by atoms with van der Waals surface area (Å²) in [5, 5.41) is 0. The van der Waals surface area contributed by atoms with Gasteiger partial charge in [-0.1, -0.05) is 0 Å². The molecule has 0 rings (SSSR count). The van der Waals surface area contributed by atoms with Gasteiger partial charge in [0.05, 0.1) is 0 Å². The summed E-state index contributed by atoms with van der Waals surface area (Å²) in [6, 6.07) is 0. The summed E-state index contributed by atoms with van der Waals surface area (Å²) in [5.41, 5.74) is -6.49. The molecule has 0 aromatic rings. The van der Waals surface area contributed by atoms with Gasteiger partial charge in [-0.3, -0.25) is 0 Å². The first kappa shape index (κ1) is 10.8. The first-order valence-electron chi connectivity index (χ1n) is 1.18. The van der Waals surface area contributed by atoms with Crippen molar-refractivity contribution in [2.24, 2.45) is 0 Å². The van der Waals surface area contributed by atoms with Crippen molar-refractivity contribution in [3.8, 4) is 0 Å². The van der Waals surface area contributed by atoms with Crippen molar-refractivity contribution < 1.29 is 5.62 Å². The van der Waals surface area contributed by atoms with E-state index in [-0.39, 0.29) is 0 Å². The average molecular weight is 341 g/mol. The molecule has 0 unspecified atom stereocenters. The van der Waals surface area contributed by atoms with Gasteiger partial charge in [0.2, 0.25) is 0 Å². The Morgan fingerprint density at radius 2 is 0.500 bits per heavy atom. The summed E-state index contributed by atoms with van der Waals surface area (Å²) in [4.78, 5) is 0. The van der Waals surface area contributed by atoms with Gasteiger partial charge in [-0.15, -0.1) is 0 Å². The number of hydrogen-bond donors (Lipinski definition) is 0. The van der Waals surface area contributed by atoms with Gasteiger partial charge in [0.25, 0.3) is 0 Å². The molecule has 0 aliphatic carbocycles. The van der Waals surface area contributed by atoms with Gasteiger partial charge in [0.15, 0.2) is 0 Å². The van der Waals surface area contributed by atoms with Gasteiger partial charge >= 0.3 is 69.9 Å². The Morgan fingerprint density at radius 3 is 0.500 bits per heavy atom. The Hall–Kier alpha value is 2.77. The van der Waals surface area contributed by atoms with E-state index in [0.717, 1.165) is 0 Å². The van der Waals surface area contributed by atoms with Gasteiger partial charge in [-0.2, -0.15) is 0 Å². The molecule has 0 aliphatic rings. The number of hydrogen-bond acceptors (Lipinski definition) is 0. The van der Waals surface area contributed by atoms with E-state index in [4.69, 9.17) is 64.3 Å². The summed E-state index contributed by atoms with van der Waals surface area (Å²) in [5.74, 6) is 0. The van der Waals surface area contributed by atoms with E-state index in [1.165, 1.54) is 0 Å². The third-order valence-electron chi connectivity index (χ3n) is 0. The number of halogens is 7. The summed E-state index contributed by atoms with van der Waals surface area (Å²) in [7, 11) is 35.5. The summed E-state index contributed by atoms with van der Waals surface area (Å²) >= 11 is 0. The van der Waals surface area contributed by atoms with Crippen LogP contribution in [0.25, 0.3) is 0 Å². The molecule has 0 radical (unpaired) electrons. The minimum absolute atomic E-state index is 5.07. The van der Waals surface area contributed by atoms with Gasteiger partial charge in [-0.25, -0.2) is 0 Å². The standard InChI is InChI=1S/7ClH.Nb/h7*1H;/q;;;;;;;+5/p-7.